The molecule has 1 atom stereocenters. The van der Waals surface area contributed by atoms with E-state index in [2.05, 4.69) is 9.88 Å². The highest BCUT2D eigenvalue weighted by Gasteiger charge is 2.25. The number of rotatable bonds is 1. The Bertz CT molecular complexity index is 437. The molecule has 1 aromatic rings. The molecule has 1 aliphatic heterocycles. The van der Waals surface area contributed by atoms with Crippen molar-refractivity contribution in [2.45, 2.75) is 25.4 Å². The summed E-state index contributed by atoms with van der Waals surface area (Å²) < 4.78 is 11.3. The van der Waals surface area contributed by atoms with Crippen LogP contribution in [0.1, 0.15) is 29.5 Å². The first-order chi connectivity index (χ1) is 8.24. The van der Waals surface area contributed by atoms with E-state index in [-0.39, 0.29) is 6.10 Å². The fraction of sp³-hybridized carbons (Fsp3) is 0.727. The quantitative estimate of drug-likeness (QED) is 0.831. The number of anilines is 1. The van der Waals surface area contributed by atoms with Gasteiger partial charge in [0.2, 0.25) is 0 Å². The van der Waals surface area contributed by atoms with Crippen LogP contribution in [0.5, 0.6) is 0 Å². The van der Waals surface area contributed by atoms with Crippen LogP contribution in [-0.4, -0.2) is 38.9 Å². The Morgan fingerprint density at radius 1 is 1.41 bits per heavy atom. The number of hydrogen-bond donors (Lipinski definition) is 1. The average molecular weight is 272 g/mol. The van der Waals surface area contributed by atoms with Crippen LogP contribution < -0.4 is 4.90 Å². The molecule has 94 valence electrons. The highest BCUT2D eigenvalue weighted by molar-refractivity contribution is 7.85. The van der Waals surface area contributed by atoms with Gasteiger partial charge in [0.15, 0.2) is 5.13 Å². The molecule has 1 fully saturated rings. The van der Waals surface area contributed by atoms with Crippen molar-refractivity contribution in [3.05, 3.63) is 10.6 Å². The number of aliphatic hydroxyl groups excluding tert-OH is 1. The van der Waals surface area contributed by atoms with Crippen LogP contribution in [0.2, 0.25) is 0 Å². The van der Waals surface area contributed by atoms with Gasteiger partial charge in [-0.3, -0.25) is 4.21 Å². The summed E-state index contributed by atoms with van der Waals surface area (Å²) in [6.45, 7) is 1.66. The molecule has 0 aromatic carbocycles. The average Bonchev–Trinajstić information content (AvgIpc) is 2.75. The van der Waals surface area contributed by atoms with Gasteiger partial charge in [0.25, 0.3) is 0 Å². The Hall–Kier alpha value is -0.460. The summed E-state index contributed by atoms with van der Waals surface area (Å²) in [4.78, 5) is 7.89. The summed E-state index contributed by atoms with van der Waals surface area (Å²) in [6.07, 6.45) is 2.56. The summed E-state index contributed by atoms with van der Waals surface area (Å²) in [6, 6.07) is 0. The molecule has 1 aromatic heterocycles. The maximum absolute atomic E-state index is 11.3. The summed E-state index contributed by atoms with van der Waals surface area (Å²) in [7, 11) is -0.646. The molecule has 3 rings (SSSR count). The Kier molecular flexibility index (Phi) is 3.19. The fourth-order valence-electron chi connectivity index (χ4n) is 2.35. The maximum Gasteiger partial charge on any atom is 0.185 e. The number of aromatic nitrogens is 1. The SMILES string of the molecule is O=S1CCN(c2nc3c(s2)C(O)CCC3)CC1. The smallest absolute Gasteiger partial charge is 0.185 e. The lowest BCUT2D eigenvalue weighted by molar-refractivity contribution is 0.160. The molecule has 0 radical (unpaired) electrons. The molecular formula is C11H16N2O2S2. The van der Waals surface area contributed by atoms with Crippen molar-refractivity contribution >= 4 is 27.3 Å². The van der Waals surface area contributed by atoms with Crippen molar-refractivity contribution in [3.63, 3.8) is 0 Å². The minimum absolute atomic E-state index is 0.316. The fourth-order valence-corrected chi connectivity index (χ4v) is 4.58. The van der Waals surface area contributed by atoms with E-state index in [0.29, 0.717) is 0 Å². The first kappa shape index (κ1) is 11.6. The normalized spacial score (nSPS) is 25.9. The molecular weight excluding hydrogens is 256 g/mol. The molecule has 6 heteroatoms. The van der Waals surface area contributed by atoms with Gasteiger partial charge >= 0.3 is 0 Å². The number of nitrogens with zero attached hydrogens (tertiary/aromatic N) is 2. The highest BCUT2D eigenvalue weighted by Crippen LogP contribution is 2.37. The van der Waals surface area contributed by atoms with Crippen LogP contribution in [0.15, 0.2) is 0 Å². The molecule has 0 saturated carbocycles. The van der Waals surface area contributed by atoms with E-state index < -0.39 is 10.8 Å². The molecule has 1 N–H and O–H groups in total. The third-order valence-electron chi connectivity index (χ3n) is 3.36. The van der Waals surface area contributed by atoms with E-state index >= 15 is 0 Å². The lowest BCUT2D eigenvalue weighted by Gasteiger charge is -2.25. The van der Waals surface area contributed by atoms with Gasteiger partial charge in [-0.05, 0) is 19.3 Å². The topological polar surface area (TPSA) is 53.4 Å². The number of aliphatic hydroxyl groups is 1. The van der Waals surface area contributed by atoms with Gasteiger partial charge in [-0.25, -0.2) is 4.98 Å². The monoisotopic (exact) mass is 272 g/mol. The lowest BCUT2D eigenvalue weighted by Crippen LogP contribution is -2.37. The van der Waals surface area contributed by atoms with E-state index in [4.69, 9.17) is 0 Å². The van der Waals surface area contributed by atoms with Crippen LogP contribution in [0.4, 0.5) is 5.13 Å². The zero-order valence-electron chi connectivity index (χ0n) is 9.59. The minimum Gasteiger partial charge on any atom is -0.388 e. The van der Waals surface area contributed by atoms with Gasteiger partial charge < -0.3 is 10.0 Å². The van der Waals surface area contributed by atoms with Gasteiger partial charge in [0.05, 0.1) is 16.7 Å². The summed E-state index contributed by atoms with van der Waals surface area (Å²) >= 11 is 1.62. The second kappa shape index (κ2) is 4.66. The Balaban J connectivity index is 1.82. The van der Waals surface area contributed by atoms with E-state index in [9.17, 15) is 9.32 Å². The van der Waals surface area contributed by atoms with Crippen molar-refractivity contribution in [3.8, 4) is 0 Å². The number of thiazole rings is 1. The molecule has 4 nitrogen and oxygen atoms in total. The number of aryl methyl sites for hydroxylation is 1. The van der Waals surface area contributed by atoms with Gasteiger partial charge in [-0.15, -0.1) is 0 Å². The predicted octanol–water partition coefficient (Wildman–Crippen LogP) is 1.08. The highest BCUT2D eigenvalue weighted by atomic mass is 32.2. The van der Waals surface area contributed by atoms with Crippen molar-refractivity contribution < 1.29 is 9.32 Å². The van der Waals surface area contributed by atoms with E-state index in [1.54, 1.807) is 11.3 Å². The zero-order chi connectivity index (χ0) is 11.8. The van der Waals surface area contributed by atoms with Crippen LogP contribution in [0.3, 0.4) is 0 Å². The van der Waals surface area contributed by atoms with E-state index in [1.807, 2.05) is 0 Å². The van der Waals surface area contributed by atoms with Crippen LogP contribution >= 0.6 is 11.3 Å². The van der Waals surface area contributed by atoms with Crippen molar-refractivity contribution in [2.75, 3.05) is 29.5 Å². The van der Waals surface area contributed by atoms with Gasteiger partial charge in [0.1, 0.15) is 0 Å². The van der Waals surface area contributed by atoms with Gasteiger partial charge in [-0.2, -0.15) is 0 Å². The molecule has 2 aliphatic rings. The van der Waals surface area contributed by atoms with Gasteiger partial charge in [-0.1, -0.05) is 11.3 Å². The van der Waals surface area contributed by atoms with Crippen molar-refractivity contribution in [2.24, 2.45) is 0 Å². The molecule has 1 saturated heterocycles. The third kappa shape index (κ3) is 2.26. The van der Waals surface area contributed by atoms with E-state index in [0.717, 1.165) is 59.6 Å². The van der Waals surface area contributed by atoms with Crippen LogP contribution in [-0.2, 0) is 17.2 Å². The molecule has 17 heavy (non-hydrogen) atoms. The molecule has 0 bridgehead atoms. The first-order valence-electron chi connectivity index (χ1n) is 6.01. The predicted molar refractivity (Wildman–Crippen MR) is 70.1 cm³/mol. The van der Waals surface area contributed by atoms with Crippen LogP contribution in [0, 0.1) is 0 Å². The Labute approximate surface area is 107 Å². The Morgan fingerprint density at radius 2 is 2.18 bits per heavy atom. The summed E-state index contributed by atoms with van der Waals surface area (Å²) in [5.41, 5.74) is 1.08. The van der Waals surface area contributed by atoms with Crippen LogP contribution in [0.25, 0.3) is 0 Å². The Morgan fingerprint density at radius 3 is 2.88 bits per heavy atom. The molecule has 0 amide bonds. The lowest BCUT2D eigenvalue weighted by atomic mass is 10.0. The van der Waals surface area contributed by atoms with Crippen molar-refractivity contribution in [1.29, 1.82) is 0 Å². The second-order valence-electron chi connectivity index (χ2n) is 4.55. The maximum atomic E-state index is 11.3. The summed E-state index contributed by atoms with van der Waals surface area (Å²) in [5, 5.41) is 10.9. The standard InChI is InChI=1S/C11H16N2O2S2/c14-9-3-1-2-8-10(9)16-11(12-8)13-4-6-17(15)7-5-13/h9,14H,1-7H2. The minimum atomic E-state index is -0.646. The zero-order valence-corrected chi connectivity index (χ0v) is 11.2. The molecule has 1 unspecified atom stereocenters. The molecule has 2 heterocycles. The largest absolute Gasteiger partial charge is 0.388 e. The molecule has 0 spiro atoms. The molecule has 1 aliphatic carbocycles. The van der Waals surface area contributed by atoms with Gasteiger partial charge in [0, 0.05) is 35.4 Å². The first-order valence-corrected chi connectivity index (χ1v) is 8.32. The third-order valence-corrected chi connectivity index (χ3v) is 5.89. The summed E-state index contributed by atoms with van der Waals surface area (Å²) in [5.74, 6) is 1.49. The second-order valence-corrected chi connectivity index (χ2v) is 7.26. The van der Waals surface area contributed by atoms with E-state index in [1.165, 1.54) is 0 Å². The number of fused-ring (bicyclic) bond motifs is 1. The number of hydrogen-bond acceptors (Lipinski definition) is 5. The van der Waals surface area contributed by atoms with Crippen molar-refractivity contribution in [1.82, 2.24) is 4.98 Å².